The molecule has 2 aromatic heterocycles. The zero-order chi connectivity index (χ0) is 21.8. The number of fused-ring (bicyclic) bond motifs is 1. The van der Waals surface area contributed by atoms with Gasteiger partial charge in [0.1, 0.15) is 11.1 Å². The van der Waals surface area contributed by atoms with Gasteiger partial charge in [-0.05, 0) is 50.2 Å². The normalized spacial score (nSPS) is 14.4. The van der Waals surface area contributed by atoms with Gasteiger partial charge in [-0.2, -0.15) is 5.26 Å². The molecule has 0 saturated carbocycles. The van der Waals surface area contributed by atoms with E-state index in [1.807, 2.05) is 19.1 Å². The highest BCUT2D eigenvalue weighted by Gasteiger charge is 2.24. The molecule has 1 aliphatic carbocycles. The molecule has 1 unspecified atom stereocenters. The summed E-state index contributed by atoms with van der Waals surface area (Å²) in [5.41, 5.74) is 4.01. The van der Waals surface area contributed by atoms with Gasteiger partial charge in [0.15, 0.2) is 5.82 Å². The Morgan fingerprint density at radius 3 is 2.81 bits per heavy atom. The van der Waals surface area contributed by atoms with Crippen molar-refractivity contribution >= 4 is 34.0 Å². The number of nitrogens with one attached hydrogen (secondary N) is 2. The van der Waals surface area contributed by atoms with E-state index in [1.54, 1.807) is 11.3 Å². The third kappa shape index (κ3) is 4.83. The van der Waals surface area contributed by atoms with E-state index in [2.05, 4.69) is 45.6 Å². The first kappa shape index (κ1) is 21.6. The molecule has 0 saturated heterocycles. The smallest absolute Gasteiger partial charge is 0.238 e. The summed E-state index contributed by atoms with van der Waals surface area (Å²) >= 11 is 2.86. The number of carbonyl (C=O) groups excluding carboxylic acids is 1. The Kier molecular flexibility index (Phi) is 6.73. The van der Waals surface area contributed by atoms with Crippen LogP contribution in [0.1, 0.15) is 54.7 Å². The fourth-order valence-electron chi connectivity index (χ4n) is 3.70. The van der Waals surface area contributed by atoms with Crippen molar-refractivity contribution < 1.29 is 4.79 Å². The molecule has 0 aliphatic heterocycles. The lowest BCUT2D eigenvalue weighted by atomic mass is 10.1. The maximum atomic E-state index is 12.8. The van der Waals surface area contributed by atoms with Crippen LogP contribution in [0.5, 0.6) is 0 Å². The maximum absolute atomic E-state index is 12.8. The Morgan fingerprint density at radius 2 is 2.06 bits per heavy atom. The van der Waals surface area contributed by atoms with Gasteiger partial charge < -0.3 is 5.32 Å². The molecule has 3 aromatic rings. The number of hydrogen-bond acceptors (Lipinski definition) is 6. The van der Waals surface area contributed by atoms with Crippen LogP contribution in [0.25, 0.3) is 11.4 Å². The van der Waals surface area contributed by atoms with Crippen LogP contribution in [0.3, 0.4) is 0 Å². The number of anilines is 1. The van der Waals surface area contributed by atoms with E-state index in [9.17, 15) is 10.1 Å². The molecule has 2 N–H and O–H groups in total. The topological polar surface area (TPSA) is 94.5 Å². The lowest BCUT2D eigenvalue weighted by Crippen LogP contribution is -2.22. The lowest BCUT2D eigenvalue weighted by Gasteiger charge is -2.09. The summed E-state index contributed by atoms with van der Waals surface area (Å²) < 4.78 is 0. The Bertz CT molecular complexity index is 1110. The molecule has 0 bridgehead atoms. The fourth-order valence-corrected chi connectivity index (χ4v) is 5.67. The third-order valence-corrected chi connectivity index (χ3v) is 7.69. The average Bonchev–Trinajstić information content (AvgIpc) is 3.30. The number of thiophene rings is 1. The number of aromatic nitrogens is 3. The number of H-pyrrole nitrogens is 1. The van der Waals surface area contributed by atoms with Crippen LogP contribution >= 0.6 is 23.1 Å². The molecule has 1 aliphatic rings. The van der Waals surface area contributed by atoms with Gasteiger partial charge in [0.05, 0.1) is 10.8 Å². The van der Waals surface area contributed by atoms with E-state index in [-0.39, 0.29) is 11.2 Å². The van der Waals surface area contributed by atoms with Crippen LogP contribution in [0.2, 0.25) is 0 Å². The van der Waals surface area contributed by atoms with Crippen molar-refractivity contribution in [1.82, 2.24) is 15.2 Å². The van der Waals surface area contributed by atoms with Crippen LogP contribution < -0.4 is 5.32 Å². The van der Waals surface area contributed by atoms with Crippen molar-refractivity contribution in [3.63, 3.8) is 0 Å². The van der Waals surface area contributed by atoms with E-state index in [0.717, 1.165) is 43.2 Å². The zero-order valence-corrected chi connectivity index (χ0v) is 19.3. The van der Waals surface area contributed by atoms with Gasteiger partial charge in [0.2, 0.25) is 11.1 Å². The van der Waals surface area contributed by atoms with E-state index in [4.69, 9.17) is 0 Å². The number of aryl methyl sites for hydroxylation is 2. The molecule has 160 valence electrons. The number of benzene rings is 1. The number of nitriles is 1. The minimum absolute atomic E-state index is 0.142. The van der Waals surface area contributed by atoms with Crippen LogP contribution in [0, 0.1) is 11.3 Å². The molecule has 0 radical (unpaired) electrons. The van der Waals surface area contributed by atoms with Crippen LogP contribution in [0.4, 0.5) is 5.00 Å². The quantitative estimate of drug-likeness (QED) is 0.389. The second-order valence-corrected chi connectivity index (χ2v) is 10.1. The van der Waals surface area contributed by atoms with E-state index in [0.29, 0.717) is 21.5 Å². The number of carbonyl (C=O) groups is 1. The van der Waals surface area contributed by atoms with Gasteiger partial charge >= 0.3 is 0 Å². The molecule has 8 heteroatoms. The molecule has 31 heavy (non-hydrogen) atoms. The number of thioether (sulfide) groups is 1. The number of aromatic amines is 1. The van der Waals surface area contributed by atoms with Gasteiger partial charge in [0, 0.05) is 10.4 Å². The fraction of sp³-hybridized carbons (Fsp3) is 0.391. The van der Waals surface area contributed by atoms with Gasteiger partial charge in [0.25, 0.3) is 0 Å². The van der Waals surface area contributed by atoms with Crippen molar-refractivity contribution in [3.05, 3.63) is 45.8 Å². The van der Waals surface area contributed by atoms with Gasteiger partial charge in [-0.25, -0.2) is 4.98 Å². The number of hydrogen-bond donors (Lipinski definition) is 2. The Balaban J connectivity index is 1.43. The standard InChI is InChI=1S/C23H25N5OS2/c1-3-15-9-11-16(12-10-15)20-25-23(28-27-20)30-14(2)21(29)26-22-18(13-24)17-7-5-4-6-8-19(17)31-22/h9-12,14H,3-8H2,1-2H3,(H,26,29)(H,25,27,28). The number of rotatable bonds is 6. The molecular weight excluding hydrogens is 426 g/mol. The monoisotopic (exact) mass is 451 g/mol. The second kappa shape index (κ2) is 9.67. The Hall–Kier alpha value is -2.63. The summed E-state index contributed by atoms with van der Waals surface area (Å²) in [5.74, 6) is 0.545. The van der Waals surface area contributed by atoms with Gasteiger partial charge in [-0.1, -0.05) is 49.4 Å². The average molecular weight is 452 g/mol. The number of nitrogens with zero attached hydrogens (tertiary/aromatic N) is 3. The minimum atomic E-state index is -0.389. The van der Waals surface area contributed by atoms with Crippen molar-refractivity contribution in [1.29, 1.82) is 5.26 Å². The van der Waals surface area contributed by atoms with Crippen molar-refractivity contribution in [2.24, 2.45) is 0 Å². The highest BCUT2D eigenvalue weighted by Crippen LogP contribution is 2.37. The predicted molar refractivity (Wildman–Crippen MR) is 125 cm³/mol. The SMILES string of the molecule is CCc1ccc(-c2nc(SC(C)C(=O)Nc3sc4c(c3C#N)CCCCC4)n[nH]2)cc1. The summed E-state index contributed by atoms with van der Waals surface area (Å²) in [5, 5.41) is 20.7. The first-order chi connectivity index (χ1) is 15.1. The first-order valence-electron chi connectivity index (χ1n) is 10.6. The van der Waals surface area contributed by atoms with Crippen molar-refractivity contribution in [2.45, 2.75) is 62.8 Å². The summed E-state index contributed by atoms with van der Waals surface area (Å²) in [4.78, 5) is 18.6. The van der Waals surface area contributed by atoms with E-state index < -0.39 is 0 Å². The minimum Gasteiger partial charge on any atom is -0.316 e. The van der Waals surface area contributed by atoms with Gasteiger partial charge in [-0.3, -0.25) is 9.89 Å². The predicted octanol–water partition coefficient (Wildman–Crippen LogP) is 5.36. The van der Waals surface area contributed by atoms with Crippen LogP contribution in [-0.2, 0) is 24.1 Å². The summed E-state index contributed by atoms with van der Waals surface area (Å²) in [6.45, 7) is 3.95. The van der Waals surface area contributed by atoms with Crippen molar-refractivity contribution in [3.8, 4) is 17.5 Å². The summed E-state index contributed by atoms with van der Waals surface area (Å²) in [6, 6.07) is 10.5. The molecule has 6 nitrogen and oxygen atoms in total. The zero-order valence-electron chi connectivity index (χ0n) is 17.7. The molecule has 2 heterocycles. The second-order valence-electron chi connectivity index (χ2n) is 7.65. The van der Waals surface area contributed by atoms with Crippen LogP contribution in [0.15, 0.2) is 29.4 Å². The first-order valence-corrected chi connectivity index (χ1v) is 12.3. The third-order valence-electron chi connectivity index (χ3n) is 5.52. The van der Waals surface area contributed by atoms with E-state index in [1.165, 1.54) is 28.6 Å². The molecule has 1 aromatic carbocycles. The highest BCUT2D eigenvalue weighted by molar-refractivity contribution is 8.00. The Labute approximate surface area is 190 Å². The molecular formula is C23H25N5OS2. The molecule has 0 fully saturated rings. The maximum Gasteiger partial charge on any atom is 0.238 e. The molecule has 1 amide bonds. The summed E-state index contributed by atoms with van der Waals surface area (Å²) in [6.07, 6.45) is 6.36. The van der Waals surface area contributed by atoms with Crippen molar-refractivity contribution in [2.75, 3.05) is 5.32 Å². The lowest BCUT2D eigenvalue weighted by molar-refractivity contribution is -0.115. The van der Waals surface area contributed by atoms with Gasteiger partial charge in [-0.15, -0.1) is 16.4 Å². The Morgan fingerprint density at radius 1 is 1.29 bits per heavy atom. The summed E-state index contributed by atoms with van der Waals surface area (Å²) in [7, 11) is 0. The largest absolute Gasteiger partial charge is 0.316 e. The molecule has 1 atom stereocenters. The van der Waals surface area contributed by atoms with E-state index >= 15 is 0 Å². The number of amides is 1. The molecule has 4 rings (SSSR count). The highest BCUT2D eigenvalue weighted by atomic mass is 32.2. The molecule has 0 spiro atoms. The van der Waals surface area contributed by atoms with Crippen LogP contribution in [-0.4, -0.2) is 26.3 Å².